The third-order valence-corrected chi connectivity index (χ3v) is 5.18. The summed E-state index contributed by atoms with van der Waals surface area (Å²) in [6.07, 6.45) is 5.33. The monoisotopic (exact) mass is 300 g/mol. The van der Waals surface area contributed by atoms with Gasteiger partial charge in [-0.1, -0.05) is 0 Å². The van der Waals surface area contributed by atoms with Gasteiger partial charge in [0, 0.05) is 37.4 Å². The van der Waals surface area contributed by atoms with Gasteiger partial charge in [0.15, 0.2) is 5.03 Å². The van der Waals surface area contributed by atoms with Crippen LogP contribution in [0.15, 0.2) is 11.2 Å². The Labute approximate surface area is 118 Å². The fourth-order valence-electron chi connectivity index (χ4n) is 2.29. The van der Waals surface area contributed by atoms with E-state index in [-0.39, 0.29) is 11.1 Å². The Kier molecular flexibility index (Phi) is 4.06. The van der Waals surface area contributed by atoms with Gasteiger partial charge in [-0.25, -0.2) is 13.1 Å². The van der Waals surface area contributed by atoms with Crippen LogP contribution in [-0.4, -0.2) is 43.9 Å². The number of hydrogen-bond donors (Lipinski definition) is 3. The summed E-state index contributed by atoms with van der Waals surface area (Å²) >= 11 is 0. The number of aromatic amines is 1. The van der Waals surface area contributed by atoms with E-state index in [2.05, 4.69) is 20.2 Å². The molecule has 0 spiro atoms. The van der Waals surface area contributed by atoms with Gasteiger partial charge in [-0.15, -0.1) is 0 Å². The van der Waals surface area contributed by atoms with Crippen molar-refractivity contribution in [2.24, 2.45) is 0 Å². The van der Waals surface area contributed by atoms with Crippen LogP contribution >= 0.6 is 0 Å². The number of sulfonamides is 1. The molecule has 20 heavy (non-hydrogen) atoms. The molecule has 3 rings (SSSR count). The lowest BCUT2D eigenvalue weighted by Crippen LogP contribution is -2.39. The first kappa shape index (κ1) is 14.0. The highest BCUT2D eigenvalue weighted by atomic mass is 32.2. The summed E-state index contributed by atoms with van der Waals surface area (Å²) in [5.74, 6) is 0. The van der Waals surface area contributed by atoms with E-state index in [0.717, 1.165) is 0 Å². The van der Waals surface area contributed by atoms with Crippen LogP contribution < -0.4 is 10.0 Å². The first-order chi connectivity index (χ1) is 9.65. The molecule has 1 aliphatic carbocycles. The van der Waals surface area contributed by atoms with Gasteiger partial charge in [-0.2, -0.15) is 5.10 Å². The molecule has 1 aliphatic heterocycles. The van der Waals surface area contributed by atoms with Crippen LogP contribution in [0, 0.1) is 0 Å². The number of rotatable bonds is 6. The highest BCUT2D eigenvalue weighted by Crippen LogP contribution is 2.21. The molecule has 112 valence electrons. The fourth-order valence-corrected chi connectivity index (χ4v) is 3.73. The predicted octanol–water partition coefficient (Wildman–Crippen LogP) is 0.119. The number of nitrogens with one attached hydrogen (secondary N) is 3. The van der Waals surface area contributed by atoms with Gasteiger partial charge in [-0.3, -0.25) is 5.10 Å². The normalized spacial score (nSPS) is 21.2. The van der Waals surface area contributed by atoms with Gasteiger partial charge in [0.2, 0.25) is 0 Å². The zero-order chi connectivity index (χ0) is 14.0. The van der Waals surface area contributed by atoms with E-state index < -0.39 is 10.0 Å². The maximum Gasteiger partial charge on any atom is 0.258 e. The molecule has 1 saturated heterocycles. The Morgan fingerprint density at radius 3 is 2.70 bits per heavy atom. The molecular weight excluding hydrogens is 280 g/mol. The number of H-pyrrole nitrogens is 1. The summed E-state index contributed by atoms with van der Waals surface area (Å²) in [5, 5.41) is 9.96. The van der Waals surface area contributed by atoms with Crippen LogP contribution in [0.3, 0.4) is 0 Å². The fraction of sp³-hybridized carbons (Fsp3) is 0.750. The van der Waals surface area contributed by atoms with E-state index in [9.17, 15) is 8.42 Å². The largest absolute Gasteiger partial charge is 0.381 e. The molecule has 1 saturated carbocycles. The standard InChI is InChI=1S/C12H20N4O3S/c17-20(18,16-11-3-5-19-6-4-11)12-9(8-14-15-12)7-13-10-1-2-10/h8,10-11,13,16H,1-7H2,(H,14,15). The SMILES string of the molecule is O=S(=O)(NC1CCOCC1)c1[nH]ncc1CNC1CC1. The van der Waals surface area contributed by atoms with Crippen molar-refractivity contribution in [2.45, 2.75) is 49.3 Å². The van der Waals surface area contributed by atoms with Crippen molar-refractivity contribution < 1.29 is 13.2 Å². The molecule has 0 amide bonds. The van der Waals surface area contributed by atoms with Crippen LogP contribution in [0.5, 0.6) is 0 Å². The van der Waals surface area contributed by atoms with E-state index >= 15 is 0 Å². The molecule has 7 nitrogen and oxygen atoms in total. The number of ether oxygens (including phenoxy) is 1. The van der Waals surface area contributed by atoms with Crippen LogP contribution in [0.2, 0.25) is 0 Å². The van der Waals surface area contributed by atoms with Crippen molar-refractivity contribution in [3.05, 3.63) is 11.8 Å². The molecule has 1 aromatic rings. The third kappa shape index (κ3) is 3.38. The molecule has 8 heteroatoms. The summed E-state index contributed by atoms with van der Waals surface area (Å²) in [4.78, 5) is 0. The topological polar surface area (TPSA) is 96.1 Å². The smallest absolute Gasteiger partial charge is 0.258 e. The van der Waals surface area contributed by atoms with Crippen molar-refractivity contribution in [3.8, 4) is 0 Å². The van der Waals surface area contributed by atoms with Crippen molar-refractivity contribution in [3.63, 3.8) is 0 Å². The van der Waals surface area contributed by atoms with E-state index in [1.807, 2.05) is 0 Å². The van der Waals surface area contributed by atoms with Crippen molar-refractivity contribution >= 4 is 10.0 Å². The predicted molar refractivity (Wildman–Crippen MR) is 72.6 cm³/mol. The average Bonchev–Trinajstić information content (AvgIpc) is 3.13. The van der Waals surface area contributed by atoms with Gasteiger partial charge in [0.05, 0.1) is 6.20 Å². The Bertz CT molecular complexity index is 547. The van der Waals surface area contributed by atoms with Crippen LogP contribution in [0.4, 0.5) is 0 Å². The van der Waals surface area contributed by atoms with Crippen LogP contribution in [-0.2, 0) is 21.3 Å². The lowest BCUT2D eigenvalue weighted by atomic mass is 10.1. The molecule has 0 unspecified atom stereocenters. The quantitative estimate of drug-likeness (QED) is 0.693. The molecule has 0 radical (unpaired) electrons. The second-order valence-corrected chi connectivity index (χ2v) is 7.04. The molecule has 2 aliphatic rings. The molecule has 2 fully saturated rings. The van der Waals surface area contributed by atoms with Gasteiger partial charge in [0.25, 0.3) is 10.0 Å². The zero-order valence-corrected chi connectivity index (χ0v) is 12.1. The van der Waals surface area contributed by atoms with Crippen LogP contribution in [0.1, 0.15) is 31.2 Å². The first-order valence-electron chi connectivity index (χ1n) is 7.01. The van der Waals surface area contributed by atoms with Crippen molar-refractivity contribution in [2.75, 3.05) is 13.2 Å². The van der Waals surface area contributed by atoms with Crippen molar-refractivity contribution in [1.82, 2.24) is 20.2 Å². The Balaban J connectivity index is 1.67. The van der Waals surface area contributed by atoms with Crippen molar-refractivity contribution in [1.29, 1.82) is 0 Å². The highest BCUT2D eigenvalue weighted by Gasteiger charge is 2.27. The first-order valence-corrected chi connectivity index (χ1v) is 8.49. The minimum atomic E-state index is -3.54. The number of nitrogens with zero attached hydrogens (tertiary/aromatic N) is 1. The summed E-state index contributed by atoms with van der Waals surface area (Å²) in [6, 6.07) is 0.477. The van der Waals surface area contributed by atoms with Gasteiger partial charge < -0.3 is 10.1 Å². The van der Waals surface area contributed by atoms with Gasteiger partial charge >= 0.3 is 0 Å². The minimum Gasteiger partial charge on any atom is -0.381 e. The minimum absolute atomic E-state index is 0.0544. The number of aromatic nitrogens is 2. The molecule has 0 bridgehead atoms. The van der Waals surface area contributed by atoms with E-state index in [0.29, 0.717) is 44.2 Å². The third-order valence-electron chi connectivity index (χ3n) is 3.65. The molecule has 3 N–H and O–H groups in total. The van der Waals surface area contributed by atoms with E-state index in [1.54, 1.807) is 6.20 Å². The second-order valence-electron chi connectivity index (χ2n) is 5.39. The summed E-state index contributed by atoms with van der Waals surface area (Å²) < 4.78 is 32.8. The van der Waals surface area contributed by atoms with Gasteiger partial charge in [-0.05, 0) is 25.7 Å². The Morgan fingerprint density at radius 1 is 1.25 bits per heavy atom. The number of hydrogen-bond acceptors (Lipinski definition) is 5. The maximum atomic E-state index is 12.4. The Hall–Kier alpha value is -0.960. The molecular formula is C12H20N4O3S. The molecule has 1 aromatic heterocycles. The summed E-state index contributed by atoms with van der Waals surface area (Å²) in [7, 11) is -3.54. The average molecular weight is 300 g/mol. The molecule has 2 heterocycles. The Morgan fingerprint density at radius 2 is 2.00 bits per heavy atom. The summed E-state index contributed by atoms with van der Waals surface area (Å²) in [5.41, 5.74) is 0.691. The maximum absolute atomic E-state index is 12.4. The second kappa shape index (κ2) is 5.80. The highest BCUT2D eigenvalue weighted by molar-refractivity contribution is 7.89. The lowest BCUT2D eigenvalue weighted by Gasteiger charge is -2.22. The van der Waals surface area contributed by atoms with E-state index in [4.69, 9.17) is 4.74 Å². The summed E-state index contributed by atoms with van der Waals surface area (Å²) in [6.45, 7) is 1.74. The molecule has 0 atom stereocenters. The zero-order valence-electron chi connectivity index (χ0n) is 11.3. The van der Waals surface area contributed by atoms with Crippen LogP contribution in [0.25, 0.3) is 0 Å². The van der Waals surface area contributed by atoms with E-state index in [1.165, 1.54) is 12.8 Å². The van der Waals surface area contributed by atoms with Gasteiger partial charge in [0.1, 0.15) is 0 Å². The lowest BCUT2D eigenvalue weighted by molar-refractivity contribution is 0.0832. The molecule has 0 aromatic carbocycles.